The fourth-order valence-corrected chi connectivity index (χ4v) is 2.92. The molecule has 1 aliphatic heterocycles. The highest BCUT2D eigenvalue weighted by Gasteiger charge is 2.29. The number of rotatable bonds is 5. The fraction of sp³-hybridized carbons (Fsp3) is 0.438. The zero-order valence-corrected chi connectivity index (χ0v) is 12.6. The van der Waals surface area contributed by atoms with Crippen molar-refractivity contribution in [2.75, 3.05) is 13.1 Å². The van der Waals surface area contributed by atoms with E-state index < -0.39 is 0 Å². The summed E-state index contributed by atoms with van der Waals surface area (Å²) < 4.78 is 2.02. The first-order valence-electron chi connectivity index (χ1n) is 7.75. The van der Waals surface area contributed by atoms with Gasteiger partial charge in [-0.3, -0.25) is 4.98 Å². The lowest BCUT2D eigenvalue weighted by molar-refractivity contribution is 0.192. The third kappa shape index (κ3) is 3.44. The van der Waals surface area contributed by atoms with Gasteiger partial charge in [0, 0.05) is 44.4 Å². The van der Waals surface area contributed by atoms with Crippen LogP contribution in [-0.2, 0) is 6.54 Å². The quantitative estimate of drug-likeness (QED) is 0.861. The van der Waals surface area contributed by atoms with Crippen molar-refractivity contribution in [2.24, 2.45) is 0 Å². The Kier molecular flexibility index (Phi) is 4.68. The number of amides is 2. The summed E-state index contributed by atoms with van der Waals surface area (Å²) in [6, 6.07) is 4.20. The lowest BCUT2D eigenvalue weighted by atomic mass is 10.1. The monoisotopic (exact) mass is 299 g/mol. The topological polar surface area (TPSA) is 63.1 Å². The molecule has 0 aromatic carbocycles. The van der Waals surface area contributed by atoms with E-state index in [-0.39, 0.29) is 12.1 Å². The number of nitrogens with zero attached hydrogens (tertiary/aromatic N) is 4. The standard InChI is InChI=1S/C16H21N5O/c22-16(19-6-2-10-20-12-9-18-13-20)21-11-1-3-15(21)14-4-7-17-8-5-14/h4-5,7-9,12-13,15H,1-3,6,10-11H2,(H,19,22)/t15-/m0/s1. The highest BCUT2D eigenvalue weighted by molar-refractivity contribution is 5.75. The minimum Gasteiger partial charge on any atom is -0.338 e. The van der Waals surface area contributed by atoms with Crippen LogP contribution in [0.5, 0.6) is 0 Å². The van der Waals surface area contributed by atoms with Gasteiger partial charge >= 0.3 is 6.03 Å². The third-order valence-corrected chi connectivity index (χ3v) is 4.03. The SMILES string of the molecule is O=C(NCCCn1ccnc1)N1CCC[C@H]1c1ccncc1. The first-order chi connectivity index (χ1) is 10.8. The Morgan fingerprint density at radius 3 is 2.91 bits per heavy atom. The van der Waals surface area contributed by atoms with Crippen molar-refractivity contribution >= 4 is 6.03 Å². The smallest absolute Gasteiger partial charge is 0.317 e. The number of hydrogen-bond donors (Lipinski definition) is 1. The lowest BCUT2D eigenvalue weighted by Crippen LogP contribution is -2.40. The minimum atomic E-state index is 0.0324. The van der Waals surface area contributed by atoms with Crippen LogP contribution in [0.1, 0.15) is 30.9 Å². The Morgan fingerprint density at radius 1 is 1.27 bits per heavy atom. The summed E-state index contributed by atoms with van der Waals surface area (Å²) in [7, 11) is 0. The molecule has 116 valence electrons. The van der Waals surface area contributed by atoms with E-state index in [4.69, 9.17) is 0 Å². The molecule has 2 aromatic heterocycles. The molecule has 1 aliphatic rings. The highest BCUT2D eigenvalue weighted by atomic mass is 16.2. The number of pyridine rings is 1. The fourth-order valence-electron chi connectivity index (χ4n) is 2.92. The van der Waals surface area contributed by atoms with Crippen LogP contribution in [0.4, 0.5) is 4.79 Å². The summed E-state index contributed by atoms with van der Waals surface area (Å²) in [4.78, 5) is 22.4. The Hall–Kier alpha value is -2.37. The van der Waals surface area contributed by atoms with Gasteiger partial charge in [-0.25, -0.2) is 9.78 Å². The van der Waals surface area contributed by atoms with Gasteiger partial charge in [0.15, 0.2) is 0 Å². The van der Waals surface area contributed by atoms with Gasteiger partial charge in [0.25, 0.3) is 0 Å². The molecule has 6 heteroatoms. The molecule has 1 N–H and O–H groups in total. The van der Waals surface area contributed by atoms with Gasteiger partial charge in [-0.15, -0.1) is 0 Å². The molecule has 1 atom stereocenters. The van der Waals surface area contributed by atoms with Gasteiger partial charge in [-0.2, -0.15) is 0 Å². The maximum Gasteiger partial charge on any atom is 0.317 e. The predicted molar refractivity (Wildman–Crippen MR) is 83.2 cm³/mol. The van der Waals surface area contributed by atoms with Crippen LogP contribution < -0.4 is 5.32 Å². The van der Waals surface area contributed by atoms with Gasteiger partial charge in [-0.05, 0) is 37.0 Å². The molecule has 6 nitrogen and oxygen atoms in total. The summed E-state index contributed by atoms with van der Waals surface area (Å²) >= 11 is 0. The maximum atomic E-state index is 12.4. The summed E-state index contributed by atoms with van der Waals surface area (Å²) in [5, 5.41) is 3.02. The highest BCUT2D eigenvalue weighted by Crippen LogP contribution is 2.31. The van der Waals surface area contributed by atoms with Crippen molar-refractivity contribution in [3.05, 3.63) is 48.8 Å². The molecule has 0 saturated carbocycles. The second kappa shape index (κ2) is 7.06. The van der Waals surface area contributed by atoms with Crippen LogP contribution in [0.25, 0.3) is 0 Å². The average molecular weight is 299 g/mol. The van der Waals surface area contributed by atoms with Crippen LogP contribution in [0, 0.1) is 0 Å². The van der Waals surface area contributed by atoms with E-state index in [2.05, 4.69) is 15.3 Å². The molecule has 0 radical (unpaired) electrons. The van der Waals surface area contributed by atoms with E-state index in [0.29, 0.717) is 6.54 Å². The van der Waals surface area contributed by atoms with Crippen LogP contribution in [-0.4, -0.2) is 38.6 Å². The normalized spacial score (nSPS) is 17.6. The van der Waals surface area contributed by atoms with Gasteiger partial charge in [0.1, 0.15) is 0 Å². The molecule has 3 rings (SSSR count). The van der Waals surface area contributed by atoms with E-state index in [0.717, 1.165) is 32.4 Å². The molecule has 0 bridgehead atoms. The zero-order valence-electron chi connectivity index (χ0n) is 12.6. The van der Waals surface area contributed by atoms with E-state index in [9.17, 15) is 4.79 Å². The van der Waals surface area contributed by atoms with Crippen molar-refractivity contribution in [2.45, 2.75) is 31.8 Å². The molecule has 1 fully saturated rings. The molecular weight excluding hydrogens is 278 g/mol. The maximum absolute atomic E-state index is 12.4. The number of aromatic nitrogens is 3. The number of carbonyl (C=O) groups excluding carboxylic acids is 1. The second-order valence-electron chi connectivity index (χ2n) is 5.52. The molecule has 22 heavy (non-hydrogen) atoms. The van der Waals surface area contributed by atoms with Crippen molar-refractivity contribution < 1.29 is 4.79 Å². The number of aryl methyl sites for hydroxylation is 1. The van der Waals surface area contributed by atoms with Crippen LogP contribution in [0.3, 0.4) is 0 Å². The molecule has 2 aromatic rings. The first-order valence-corrected chi connectivity index (χ1v) is 7.75. The number of urea groups is 1. The van der Waals surface area contributed by atoms with E-state index in [1.807, 2.05) is 27.8 Å². The lowest BCUT2D eigenvalue weighted by Gasteiger charge is -2.25. The van der Waals surface area contributed by atoms with Crippen molar-refractivity contribution in [1.29, 1.82) is 0 Å². The largest absolute Gasteiger partial charge is 0.338 e. The number of hydrogen-bond acceptors (Lipinski definition) is 3. The minimum absolute atomic E-state index is 0.0324. The summed E-state index contributed by atoms with van der Waals surface area (Å²) in [6.45, 7) is 2.37. The molecule has 0 unspecified atom stereocenters. The number of carbonyl (C=O) groups is 1. The number of imidazole rings is 1. The van der Waals surface area contributed by atoms with Crippen molar-refractivity contribution in [3.63, 3.8) is 0 Å². The molecule has 0 spiro atoms. The predicted octanol–water partition coefficient (Wildman–Crippen LogP) is 2.21. The zero-order chi connectivity index (χ0) is 15.2. The summed E-state index contributed by atoms with van der Waals surface area (Å²) in [6.07, 6.45) is 12.0. The van der Waals surface area contributed by atoms with Gasteiger partial charge < -0.3 is 14.8 Å². The Bertz CT molecular complexity index is 584. The average Bonchev–Trinajstić information content (AvgIpc) is 3.23. The van der Waals surface area contributed by atoms with Crippen LogP contribution in [0.15, 0.2) is 43.2 Å². The first kappa shape index (κ1) is 14.6. The van der Waals surface area contributed by atoms with Gasteiger partial charge in [0.05, 0.1) is 12.4 Å². The van der Waals surface area contributed by atoms with Gasteiger partial charge in [-0.1, -0.05) is 0 Å². The molecular formula is C16H21N5O. The molecule has 3 heterocycles. The van der Waals surface area contributed by atoms with E-state index in [1.165, 1.54) is 5.56 Å². The van der Waals surface area contributed by atoms with Crippen LogP contribution >= 0.6 is 0 Å². The van der Waals surface area contributed by atoms with E-state index >= 15 is 0 Å². The van der Waals surface area contributed by atoms with E-state index in [1.54, 1.807) is 24.9 Å². The third-order valence-electron chi connectivity index (χ3n) is 4.03. The molecule has 0 aliphatic carbocycles. The molecule has 2 amide bonds. The van der Waals surface area contributed by atoms with Crippen LogP contribution in [0.2, 0.25) is 0 Å². The molecule has 1 saturated heterocycles. The second-order valence-corrected chi connectivity index (χ2v) is 5.52. The van der Waals surface area contributed by atoms with Crippen molar-refractivity contribution in [3.8, 4) is 0 Å². The summed E-state index contributed by atoms with van der Waals surface area (Å²) in [5.41, 5.74) is 1.17. The van der Waals surface area contributed by atoms with Crippen molar-refractivity contribution in [1.82, 2.24) is 24.8 Å². The Morgan fingerprint density at radius 2 is 2.14 bits per heavy atom. The van der Waals surface area contributed by atoms with Gasteiger partial charge in [0.2, 0.25) is 0 Å². The Balaban J connectivity index is 1.48. The summed E-state index contributed by atoms with van der Waals surface area (Å²) in [5.74, 6) is 0. The number of likely N-dealkylation sites (tertiary alicyclic amines) is 1. The number of nitrogens with one attached hydrogen (secondary N) is 1. The Labute approximate surface area is 130 Å².